The van der Waals surface area contributed by atoms with E-state index in [1.54, 1.807) is 0 Å². The zero-order valence-corrected chi connectivity index (χ0v) is 15.6. The smallest absolute Gasteiger partial charge is 0.159 e. The Hall–Kier alpha value is -2.35. The molecule has 0 spiro atoms. The van der Waals surface area contributed by atoms with Crippen molar-refractivity contribution in [3.05, 3.63) is 63.5 Å². The van der Waals surface area contributed by atoms with E-state index in [2.05, 4.69) is 63.1 Å². The van der Waals surface area contributed by atoms with Crippen LogP contribution in [0.3, 0.4) is 0 Å². The van der Waals surface area contributed by atoms with E-state index in [9.17, 15) is 0 Å². The Bertz CT molecular complexity index is 862. The summed E-state index contributed by atoms with van der Waals surface area (Å²) in [6.07, 6.45) is 1.50. The monoisotopic (exact) mass is 431 g/mol. The van der Waals surface area contributed by atoms with Crippen molar-refractivity contribution in [2.24, 2.45) is 0 Å². The number of halogens is 1. The molecular formula is C18H18IN5. The minimum atomic E-state index is 0.483. The molecule has 1 aromatic heterocycles. The van der Waals surface area contributed by atoms with Crippen LogP contribution in [-0.4, -0.2) is 9.97 Å². The molecule has 5 nitrogen and oxygen atoms in total. The molecule has 0 aliphatic heterocycles. The van der Waals surface area contributed by atoms with Gasteiger partial charge in [0.15, 0.2) is 11.6 Å². The lowest BCUT2D eigenvalue weighted by atomic mass is 10.1. The second-order valence-electron chi connectivity index (χ2n) is 5.49. The van der Waals surface area contributed by atoms with Crippen LogP contribution in [0.15, 0.2) is 48.8 Å². The van der Waals surface area contributed by atoms with Crippen molar-refractivity contribution in [2.45, 2.75) is 13.8 Å². The average Bonchev–Trinajstić information content (AvgIpc) is 2.57. The van der Waals surface area contributed by atoms with Gasteiger partial charge in [-0.05, 0) is 77.9 Å². The molecule has 0 bridgehead atoms. The van der Waals surface area contributed by atoms with Crippen LogP contribution in [-0.2, 0) is 0 Å². The molecule has 0 radical (unpaired) electrons. The summed E-state index contributed by atoms with van der Waals surface area (Å²) >= 11 is 2.27. The number of aromatic nitrogens is 2. The van der Waals surface area contributed by atoms with Crippen molar-refractivity contribution in [3.8, 4) is 0 Å². The first-order valence-electron chi connectivity index (χ1n) is 7.51. The summed E-state index contributed by atoms with van der Waals surface area (Å²) in [7, 11) is 0. The van der Waals surface area contributed by atoms with E-state index in [0.717, 1.165) is 11.4 Å². The van der Waals surface area contributed by atoms with Gasteiger partial charge in [0.2, 0.25) is 0 Å². The number of aryl methyl sites for hydroxylation is 1. The fraction of sp³-hybridized carbons (Fsp3) is 0.111. The van der Waals surface area contributed by atoms with Crippen LogP contribution < -0.4 is 16.4 Å². The number of anilines is 5. The highest BCUT2D eigenvalue weighted by atomic mass is 127. The Morgan fingerprint density at radius 3 is 2.29 bits per heavy atom. The molecule has 0 aliphatic carbocycles. The maximum absolute atomic E-state index is 6.25. The van der Waals surface area contributed by atoms with E-state index < -0.39 is 0 Å². The molecule has 2 aromatic carbocycles. The Kier molecular flexibility index (Phi) is 4.84. The molecule has 122 valence electrons. The molecule has 24 heavy (non-hydrogen) atoms. The van der Waals surface area contributed by atoms with Gasteiger partial charge in [-0.1, -0.05) is 12.1 Å². The highest BCUT2D eigenvalue weighted by Gasteiger charge is 2.10. The highest BCUT2D eigenvalue weighted by Crippen LogP contribution is 2.29. The molecule has 0 fully saturated rings. The number of hydrogen-bond donors (Lipinski definition) is 3. The van der Waals surface area contributed by atoms with Crippen LogP contribution in [0.25, 0.3) is 0 Å². The average molecular weight is 431 g/mol. The van der Waals surface area contributed by atoms with Crippen molar-refractivity contribution in [1.82, 2.24) is 9.97 Å². The van der Waals surface area contributed by atoms with Crippen LogP contribution in [0.4, 0.5) is 28.7 Å². The van der Waals surface area contributed by atoms with E-state index in [1.807, 2.05) is 36.4 Å². The van der Waals surface area contributed by atoms with E-state index >= 15 is 0 Å². The van der Waals surface area contributed by atoms with Gasteiger partial charge in [0.05, 0.1) is 0 Å². The number of hydrogen-bond acceptors (Lipinski definition) is 5. The maximum atomic E-state index is 6.25. The lowest BCUT2D eigenvalue weighted by Crippen LogP contribution is -2.06. The first-order chi connectivity index (χ1) is 11.5. The summed E-state index contributed by atoms with van der Waals surface area (Å²) in [5.41, 5.74) is 11.0. The maximum Gasteiger partial charge on any atom is 0.159 e. The van der Waals surface area contributed by atoms with E-state index in [1.165, 1.54) is 21.0 Å². The van der Waals surface area contributed by atoms with Crippen molar-refractivity contribution in [1.29, 1.82) is 0 Å². The zero-order chi connectivity index (χ0) is 17.1. The lowest BCUT2D eigenvalue weighted by Gasteiger charge is -2.14. The minimum absolute atomic E-state index is 0.483. The van der Waals surface area contributed by atoms with Crippen LogP contribution in [0.1, 0.15) is 11.1 Å². The third-order valence-electron chi connectivity index (χ3n) is 3.85. The highest BCUT2D eigenvalue weighted by molar-refractivity contribution is 14.1. The molecule has 0 aliphatic rings. The molecule has 3 rings (SSSR count). The quantitative estimate of drug-likeness (QED) is 0.519. The van der Waals surface area contributed by atoms with Crippen molar-refractivity contribution in [3.63, 3.8) is 0 Å². The first-order valence-corrected chi connectivity index (χ1v) is 8.59. The topological polar surface area (TPSA) is 75.9 Å². The summed E-state index contributed by atoms with van der Waals surface area (Å²) in [4.78, 5) is 8.52. The van der Waals surface area contributed by atoms with Gasteiger partial charge in [0.1, 0.15) is 12.0 Å². The Morgan fingerprint density at radius 2 is 1.58 bits per heavy atom. The van der Waals surface area contributed by atoms with Gasteiger partial charge in [-0.25, -0.2) is 9.97 Å². The molecule has 3 aromatic rings. The van der Waals surface area contributed by atoms with Crippen LogP contribution in [0, 0.1) is 17.4 Å². The predicted molar refractivity (Wildman–Crippen MR) is 108 cm³/mol. The molecular weight excluding hydrogens is 413 g/mol. The number of nitrogen functional groups attached to an aromatic ring is 1. The lowest BCUT2D eigenvalue weighted by molar-refractivity contribution is 1.17. The van der Waals surface area contributed by atoms with Gasteiger partial charge >= 0.3 is 0 Å². The van der Waals surface area contributed by atoms with Gasteiger partial charge in [0.25, 0.3) is 0 Å². The van der Waals surface area contributed by atoms with Gasteiger partial charge < -0.3 is 16.4 Å². The standard InChI is InChI=1S/C18H18IN5/c1-11-4-3-5-15(12(11)2)24-18-16(20)17(21-10-22-18)23-14-8-6-13(19)7-9-14/h3-10H,20H2,1-2H3,(H2,21,22,23,24). The first kappa shape index (κ1) is 16.5. The molecule has 6 heteroatoms. The number of rotatable bonds is 4. The van der Waals surface area contributed by atoms with Crippen LogP contribution in [0.5, 0.6) is 0 Å². The normalized spacial score (nSPS) is 10.5. The fourth-order valence-corrected chi connectivity index (χ4v) is 2.64. The Labute approximate surface area is 154 Å². The Morgan fingerprint density at radius 1 is 0.917 bits per heavy atom. The summed E-state index contributed by atoms with van der Waals surface area (Å²) in [5, 5.41) is 6.53. The summed E-state index contributed by atoms with van der Waals surface area (Å²) in [6.45, 7) is 4.15. The zero-order valence-electron chi connectivity index (χ0n) is 13.5. The van der Waals surface area contributed by atoms with Gasteiger partial charge in [0, 0.05) is 14.9 Å². The summed E-state index contributed by atoms with van der Waals surface area (Å²) in [6, 6.07) is 14.1. The second kappa shape index (κ2) is 7.04. The SMILES string of the molecule is Cc1cccc(Nc2ncnc(Nc3ccc(I)cc3)c2N)c1C. The van der Waals surface area contributed by atoms with Gasteiger partial charge in [-0.15, -0.1) is 0 Å². The number of nitrogens with one attached hydrogen (secondary N) is 2. The molecule has 0 saturated heterocycles. The van der Waals surface area contributed by atoms with Crippen molar-refractivity contribution in [2.75, 3.05) is 16.4 Å². The third kappa shape index (κ3) is 3.59. The minimum Gasteiger partial charge on any atom is -0.393 e. The summed E-state index contributed by atoms with van der Waals surface area (Å²) in [5.74, 6) is 1.17. The van der Waals surface area contributed by atoms with Crippen LogP contribution in [0.2, 0.25) is 0 Å². The molecule has 0 unspecified atom stereocenters. The van der Waals surface area contributed by atoms with Gasteiger partial charge in [-0.2, -0.15) is 0 Å². The predicted octanol–water partition coefficient (Wildman–Crippen LogP) is 4.77. The largest absolute Gasteiger partial charge is 0.393 e. The van der Waals surface area contributed by atoms with E-state index in [4.69, 9.17) is 5.73 Å². The molecule has 0 saturated carbocycles. The van der Waals surface area contributed by atoms with Crippen LogP contribution >= 0.6 is 22.6 Å². The number of benzene rings is 2. The van der Waals surface area contributed by atoms with Crippen molar-refractivity contribution < 1.29 is 0 Å². The fourth-order valence-electron chi connectivity index (χ4n) is 2.28. The molecule has 0 amide bonds. The number of nitrogens with two attached hydrogens (primary N) is 1. The third-order valence-corrected chi connectivity index (χ3v) is 4.57. The van der Waals surface area contributed by atoms with Gasteiger partial charge in [-0.3, -0.25) is 0 Å². The van der Waals surface area contributed by atoms with E-state index in [0.29, 0.717) is 17.3 Å². The number of nitrogens with zero attached hydrogens (tertiary/aromatic N) is 2. The molecule has 0 atom stereocenters. The van der Waals surface area contributed by atoms with E-state index in [-0.39, 0.29) is 0 Å². The molecule has 4 N–H and O–H groups in total. The summed E-state index contributed by atoms with van der Waals surface area (Å²) < 4.78 is 1.17. The van der Waals surface area contributed by atoms with Crippen molar-refractivity contribution >= 4 is 51.3 Å². The Balaban J connectivity index is 1.88. The molecule has 1 heterocycles. The second-order valence-corrected chi connectivity index (χ2v) is 6.73.